The van der Waals surface area contributed by atoms with E-state index in [-0.39, 0.29) is 0 Å². The van der Waals surface area contributed by atoms with Crippen molar-refractivity contribution >= 4 is 38.5 Å². The van der Waals surface area contributed by atoms with Gasteiger partial charge in [0.15, 0.2) is 0 Å². The van der Waals surface area contributed by atoms with Crippen molar-refractivity contribution in [1.82, 2.24) is 19.7 Å². The van der Waals surface area contributed by atoms with E-state index < -0.39 is 0 Å². The van der Waals surface area contributed by atoms with Gasteiger partial charge in [-0.05, 0) is 42.9 Å². The third kappa shape index (κ3) is 1.71. The maximum absolute atomic E-state index is 4.88. The quantitative estimate of drug-likeness (QED) is 0.503. The second kappa shape index (κ2) is 5.01. The van der Waals surface area contributed by atoms with Crippen LogP contribution in [-0.4, -0.2) is 21.4 Å². The number of pyridine rings is 2. The molecule has 0 aliphatic rings. The zero-order chi connectivity index (χ0) is 16.1. The SMILES string of the molecule is CNCc1cccc2c1c1ncccc1c1nc3ccccc3n21. The van der Waals surface area contributed by atoms with Crippen LogP contribution >= 0.6 is 0 Å². The molecule has 5 aromatic rings. The first-order valence-electron chi connectivity index (χ1n) is 8.08. The lowest BCUT2D eigenvalue weighted by Gasteiger charge is -2.12. The van der Waals surface area contributed by atoms with E-state index in [9.17, 15) is 0 Å². The zero-order valence-corrected chi connectivity index (χ0v) is 13.3. The van der Waals surface area contributed by atoms with Crippen LogP contribution in [0.1, 0.15) is 5.56 Å². The minimum absolute atomic E-state index is 0.807. The first kappa shape index (κ1) is 13.5. The smallest absolute Gasteiger partial charge is 0.147 e. The summed E-state index contributed by atoms with van der Waals surface area (Å²) in [5, 5.41) is 5.55. The van der Waals surface area contributed by atoms with Crippen LogP contribution in [0.3, 0.4) is 0 Å². The van der Waals surface area contributed by atoms with E-state index in [2.05, 4.69) is 52.2 Å². The van der Waals surface area contributed by atoms with Gasteiger partial charge in [-0.3, -0.25) is 9.38 Å². The van der Waals surface area contributed by atoms with Crippen LogP contribution < -0.4 is 5.32 Å². The van der Waals surface area contributed by atoms with Crippen LogP contribution in [0.5, 0.6) is 0 Å². The summed E-state index contributed by atoms with van der Waals surface area (Å²) in [7, 11) is 1.97. The van der Waals surface area contributed by atoms with Gasteiger partial charge in [0.2, 0.25) is 0 Å². The van der Waals surface area contributed by atoms with Crippen molar-refractivity contribution < 1.29 is 0 Å². The lowest BCUT2D eigenvalue weighted by molar-refractivity contribution is 0.824. The van der Waals surface area contributed by atoms with Gasteiger partial charge < -0.3 is 5.32 Å². The maximum Gasteiger partial charge on any atom is 0.147 e. The highest BCUT2D eigenvalue weighted by Crippen LogP contribution is 2.32. The van der Waals surface area contributed by atoms with Crippen LogP contribution in [0.15, 0.2) is 60.8 Å². The molecule has 0 bridgehead atoms. The number of hydrogen-bond acceptors (Lipinski definition) is 3. The summed E-state index contributed by atoms with van der Waals surface area (Å²) in [6.07, 6.45) is 1.86. The average Bonchev–Trinajstić information content (AvgIpc) is 3.02. The molecule has 0 aliphatic heterocycles. The molecule has 1 N–H and O–H groups in total. The molecule has 0 radical (unpaired) electrons. The number of nitrogens with zero attached hydrogens (tertiary/aromatic N) is 3. The van der Waals surface area contributed by atoms with Crippen molar-refractivity contribution in [2.75, 3.05) is 7.05 Å². The Hall–Kier alpha value is -2.98. The van der Waals surface area contributed by atoms with Crippen LogP contribution in [0.25, 0.3) is 38.5 Å². The molecule has 24 heavy (non-hydrogen) atoms. The van der Waals surface area contributed by atoms with E-state index in [1.807, 2.05) is 25.4 Å². The first-order valence-corrected chi connectivity index (χ1v) is 8.08. The number of para-hydroxylation sites is 2. The molecule has 0 saturated heterocycles. The summed E-state index contributed by atoms with van der Waals surface area (Å²) in [6.45, 7) is 0.807. The van der Waals surface area contributed by atoms with E-state index in [0.29, 0.717) is 0 Å². The molecule has 5 rings (SSSR count). The summed E-state index contributed by atoms with van der Waals surface area (Å²) in [5.74, 6) is 0. The maximum atomic E-state index is 4.88. The second-order valence-corrected chi connectivity index (χ2v) is 6.00. The third-order valence-corrected chi connectivity index (χ3v) is 4.58. The zero-order valence-electron chi connectivity index (χ0n) is 13.3. The Morgan fingerprint density at radius 3 is 2.75 bits per heavy atom. The Kier molecular flexibility index (Phi) is 2.81. The van der Waals surface area contributed by atoms with Crippen molar-refractivity contribution in [3.63, 3.8) is 0 Å². The predicted octanol–water partition coefficient (Wildman–Crippen LogP) is 3.91. The number of imidazole rings is 1. The summed E-state index contributed by atoms with van der Waals surface area (Å²) in [6, 6.07) is 18.8. The number of rotatable bonds is 2. The summed E-state index contributed by atoms with van der Waals surface area (Å²) in [4.78, 5) is 9.57. The molecule has 4 heteroatoms. The highest BCUT2D eigenvalue weighted by atomic mass is 15.0. The molecule has 3 aromatic heterocycles. The fourth-order valence-corrected chi connectivity index (χ4v) is 3.62. The van der Waals surface area contributed by atoms with Crippen LogP contribution in [0, 0.1) is 0 Å². The first-order chi connectivity index (χ1) is 11.9. The summed E-state index contributed by atoms with van der Waals surface area (Å²) < 4.78 is 2.26. The van der Waals surface area contributed by atoms with Crippen LogP contribution in [0.2, 0.25) is 0 Å². The molecule has 0 saturated carbocycles. The molecule has 0 atom stereocenters. The van der Waals surface area contributed by atoms with Gasteiger partial charge in [-0.2, -0.15) is 0 Å². The van der Waals surface area contributed by atoms with Crippen LogP contribution in [0.4, 0.5) is 0 Å². The van der Waals surface area contributed by atoms with E-state index in [1.54, 1.807) is 0 Å². The van der Waals surface area contributed by atoms with E-state index in [0.717, 1.165) is 39.6 Å². The molecular formula is C20H16N4. The molecular weight excluding hydrogens is 296 g/mol. The van der Waals surface area contributed by atoms with Crippen molar-refractivity contribution in [3.05, 3.63) is 66.4 Å². The predicted molar refractivity (Wildman–Crippen MR) is 98.3 cm³/mol. The van der Waals surface area contributed by atoms with Crippen molar-refractivity contribution in [1.29, 1.82) is 0 Å². The topological polar surface area (TPSA) is 42.2 Å². The van der Waals surface area contributed by atoms with Gasteiger partial charge in [-0.15, -0.1) is 0 Å². The lowest BCUT2D eigenvalue weighted by atomic mass is 10.0. The molecule has 0 aliphatic carbocycles. The molecule has 0 unspecified atom stereocenters. The number of nitrogens with one attached hydrogen (secondary N) is 1. The van der Waals surface area contributed by atoms with E-state index in [1.165, 1.54) is 10.9 Å². The Balaban J connectivity index is 2.15. The van der Waals surface area contributed by atoms with Gasteiger partial charge in [0.25, 0.3) is 0 Å². The van der Waals surface area contributed by atoms with Gasteiger partial charge in [0.05, 0.1) is 22.1 Å². The fourth-order valence-electron chi connectivity index (χ4n) is 3.62. The summed E-state index contributed by atoms with van der Waals surface area (Å²) >= 11 is 0. The second-order valence-electron chi connectivity index (χ2n) is 6.00. The molecule has 0 fully saturated rings. The highest BCUT2D eigenvalue weighted by molar-refractivity contribution is 6.13. The number of fused-ring (bicyclic) bond motifs is 8. The van der Waals surface area contributed by atoms with Crippen LogP contribution in [-0.2, 0) is 6.54 Å². The monoisotopic (exact) mass is 312 g/mol. The van der Waals surface area contributed by atoms with Gasteiger partial charge in [0.1, 0.15) is 5.65 Å². The molecule has 2 aromatic carbocycles. The molecule has 4 nitrogen and oxygen atoms in total. The van der Waals surface area contributed by atoms with Gasteiger partial charge in [0, 0.05) is 23.5 Å². The molecule has 0 spiro atoms. The lowest BCUT2D eigenvalue weighted by Crippen LogP contribution is -2.06. The Morgan fingerprint density at radius 2 is 1.83 bits per heavy atom. The molecule has 0 amide bonds. The van der Waals surface area contributed by atoms with E-state index >= 15 is 0 Å². The summed E-state index contributed by atoms with van der Waals surface area (Å²) in [5.41, 5.74) is 6.52. The molecule has 3 heterocycles. The standard InChI is InChI=1S/C20H16N4/c1-21-12-13-6-4-10-17-18(13)19-14(7-5-11-22-19)20-23-15-8-2-3-9-16(15)24(17)20/h2-11,21H,12H2,1H3. The van der Waals surface area contributed by atoms with Gasteiger partial charge in [-0.1, -0.05) is 24.3 Å². The largest absolute Gasteiger partial charge is 0.316 e. The fraction of sp³-hybridized carbons (Fsp3) is 0.100. The van der Waals surface area contributed by atoms with E-state index in [4.69, 9.17) is 9.97 Å². The highest BCUT2D eigenvalue weighted by Gasteiger charge is 2.15. The third-order valence-electron chi connectivity index (χ3n) is 4.58. The normalized spacial score (nSPS) is 11.9. The van der Waals surface area contributed by atoms with Crippen molar-refractivity contribution in [2.24, 2.45) is 0 Å². The Bertz CT molecular complexity index is 1220. The minimum Gasteiger partial charge on any atom is -0.316 e. The van der Waals surface area contributed by atoms with Crippen molar-refractivity contribution in [2.45, 2.75) is 6.54 Å². The molecule has 116 valence electrons. The van der Waals surface area contributed by atoms with Gasteiger partial charge in [-0.25, -0.2) is 4.98 Å². The average molecular weight is 312 g/mol. The minimum atomic E-state index is 0.807. The number of hydrogen-bond donors (Lipinski definition) is 1. The van der Waals surface area contributed by atoms with Gasteiger partial charge >= 0.3 is 0 Å². The Labute approximate surface area is 138 Å². The number of benzene rings is 2. The number of aromatic nitrogens is 3. The van der Waals surface area contributed by atoms with Crippen molar-refractivity contribution in [3.8, 4) is 0 Å². The Morgan fingerprint density at radius 1 is 0.958 bits per heavy atom.